The minimum absolute atomic E-state index is 0.122. The van der Waals surface area contributed by atoms with Crippen LogP contribution in [0.3, 0.4) is 0 Å². The topological polar surface area (TPSA) is 44.8 Å². The number of ether oxygens (including phenoxy) is 1. The van der Waals surface area contributed by atoms with Crippen molar-refractivity contribution in [3.05, 3.63) is 35.9 Å². The van der Waals surface area contributed by atoms with Crippen LogP contribution < -0.4 is 5.32 Å². The second-order valence-electron chi connectivity index (χ2n) is 7.32. The summed E-state index contributed by atoms with van der Waals surface area (Å²) < 4.78 is 5.96. The number of hydrogen-bond acceptors (Lipinski definition) is 4. The molecule has 0 radical (unpaired) electrons. The van der Waals surface area contributed by atoms with E-state index in [1.54, 1.807) is 0 Å². The third-order valence-corrected chi connectivity index (χ3v) is 4.80. The first-order valence-electron chi connectivity index (χ1n) is 9.00. The van der Waals surface area contributed by atoms with Crippen molar-refractivity contribution in [3.63, 3.8) is 0 Å². The van der Waals surface area contributed by atoms with E-state index in [4.69, 9.17) is 4.74 Å². The highest BCUT2D eigenvalue weighted by molar-refractivity contribution is 5.78. The van der Waals surface area contributed by atoms with Crippen molar-refractivity contribution >= 4 is 5.91 Å². The van der Waals surface area contributed by atoms with Gasteiger partial charge in [0, 0.05) is 32.7 Å². The fourth-order valence-electron chi connectivity index (χ4n) is 3.55. The van der Waals surface area contributed by atoms with Gasteiger partial charge in [-0.25, -0.2) is 0 Å². The number of morpholine rings is 1. The van der Waals surface area contributed by atoms with E-state index in [9.17, 15) is 4.79 Å². The van der Waals surface area contributed by atoms with Crippen LogP contribution >= 0.6 is 0 Å². The highest BCUT2D eigenvalue weighted by Crippen LogP contribution is 2.24. The van der Waals surface area contributed by atoms with E-state index in [1.165, 1.54) is 5.56 Å². The number of carbonyl (C=O) groups excluding carboxylic acids is 1. The summed E-state index contributed by atoms with van der Waals surface area (Å²) in [6.07, 6.45) is 0.223. The summed E-state index contributed by atoms with van der Waals surface area (Å²) >= 11 is 0. The summed E-state index contributed by atoms with van der Waals surface area (Å²) in [5, 5.41) is 3.01. The molecule has 0 bridgehead atoms. The Balaban J connectivity index is 1.54. The number of carbonyl (C=O) groups is 1. The first-order chi connectivity index (χ1) is 11.6. The molecular weight excluding hydrogens is 302 g/mol. The number of nitrogens with zero attached hydrogens (tertiary/aromatic N) is 2. The quantitative estimate of drug-likeness (QED) is 0.854. The maximum Gasteiger partial charge on any atom is 0.234 e. The first-order valence-corrected chi connectivity index (χ1v) is 9.00. The zero-order valence-electron chi connectivity index (χ0n) is 14.8. The van der Waals surface area contributed by atoms with Crippen LogP contribution in [-0.4, -0.2) is 67.2 Å². The Hall–Kier alpha value is -1.43. The van der Waals surface area contributed by atoms with E-state index in [0.717, 1.165) is 39.3 Å². The highest BCUT2D eigenvalue weighted by Gasteiger charge is 2.40. The molecule has 1 N–H and O–H groups in total. The van der Waals surface area contributed by atoms with Gasteiger partial charge in [0.15, 0.2) is 0 Å². The van der Waals surface area contributed by atoms with Crippen LogP contribution in [0.5, 0.6) is 0 Å². The van der Waals surface area contributed by atoms with Crippen molar-refractivity contribution in [1.82, 2.24) is 15.1 Å². The predicted octanol–water partition coefficient (Wildman–Crippen LogP) is 1.34. The molecule has 0 saturated carbocycles. The monoisotopic (exact) mass is 331 g/mol. The SMILES string of the molecule is CC(C)CNC(=O)CN1C[C@@H]2OCCN(Cc3ccccc3)[C@@H]2C1. The molecule has 3 rings (SSSR count). The average Bonchev–Trinajstić information content (AvgIpc) is 2.97. The molecule has 1 amide bonds. The van der Waals surface area contributed by atoms with Gasteiger partial charge in [-0.1, -0.05) is 44.2 Å². The van der Waals surface area contributed by atoms with Gasteiger partial charge in [-0.05, 0) is 11.5 Å². The van der Waals surface area contributed by atoms with Crippen LogP contribution in [0.4, 0.5) is 0 Å². The Morgan fingerprint density at radius 1 is 1.29 bits per heavy atom. The Morgan fingerprint density at radius 3 is 2.83 bits per heavy atom. The van der Waals surface area contributed by atoms with Crippen LogP contribution in [-0.2, 0) is 16.1 Å². The fraction of sp³-hybridized carbons (Fsp3) is 0.632. The molecule has 132 valence electrons. The number of rotatable bonds is 6. The van der Waals surface area contributed by atoms with Crippen LogP contribution in [0, 0.1) is 5.92 Å². The molecule has 1 aromatic carbocycles. The second kappa shape index (κ2) is 8.10. The number of fused-ring (bicyclic) bond motifs is 1. The van der Waals surface area contributed by atoms with Gasteiger partial charge in [0.05, 0.1) is 25.3 Å². The number of benzene rings is 1. The molecule has 1 aromatic rings. The molecular formula is C19H29N3O2. The number of amides is 1. The number of nitrogens with one attached hydrogen (secondary N) is 1. The van der Waals surface area contributed by atoms with Gasteiger partial charge in [0.25, 0.3) is 0 Å². The molecule has 2 aliphatic rings. The molecule has 2 atom stereocenters. The molecule has 24 heavy (non-hydrogen) atoms. The molecule has 2 saturated heterocycles. The van der Waals surface area contributed by atoms with E-state index in [0.29, 0.717) is 18.5 Å². The minimum Gasteiger partial charge on any atom is -0.374 e. The fourth-order valence-corrected chi connectivity index (χ4v) is 3.55. The first kappa shape index (κ1) is 17.4. The molecule has 0 spiro atoms. The zero-order valence-corrected chi connectivity index (χ0v) is 14.8. The predicted molar refractivity (Wildman–Crippen MR) is 94.7 cm³/mol. The highest BCUT2D eigenvalue weighted by atomic mass is 16.5. The summed E-state index contributed by atoms with van der Waals surface area (Å²) in [5.74, 6) is 0.608. The largest absolute Gasteiger partial charge is 0.374 e. The molecule has 5 nitrogen and oxygen atoms in total. The Bertz CT molecular complexity index is 535. The summed E-state index contributed by atoms with van der Waals surface area (Å²) in [6.45, 7) is 9.90. The molecule has 5 heteroatoms. The molecule has 2 aliphatic heterocycles. The van der Waals surface area contributed by atoms with Crippen molar-refractivity contribution in [2.45, 2.75) is 32.5 Å². The lowest BCUT2D eigenvalue weighted by molar-refractivity contribution is -0.122. The third kappa shape index (κ3) is 4.56. The maximum absolute atomic E-state index is 12.1. The third-order valence-electron chi connectivity index (χ3n) is 4.80. The van der Waals surface area contributed by atoms with Gasteiger partial charge in [-0.2, -0.15) is 0 Å². The lowest BCUT2D eigenvalue weighted by Crippen LogP contribution is -2.50. The van der Waals surface area contributed by atoms with Crippen LogP contribution in [0.1, 0.15) is 19.4 Å². The Labute approximate surface area is 145 Å². The van der Waals surface area contributed by atoms with Crippen molar-refractivity contribution in [1.29, 1.82) is 0 Å². The minimum atomic E-state index is 0.122. The van der Waals surface area contributed by atoms with Gasteiger partial charge in [-0.3, -0.25) is 14.6 Å². The summed E-state index contributed by atoms with van der Waals surface area (Å²) in [5.41, 5.74) is 1.34. The van der Waals surface area contributed by atoms with Gasteiger partial charge in [0.2, 0.25) is 5.91 Å². The molecule has 2 fully saturated rings. The number of likely N-dealkylation sites (tertiary alicyclic amines) is 1. The molecule has 0 aliphatic carbocycles. The van der Waals surface area contributed by atoms with Crippen molar-refractivity contribution in [2.24, 2.45) is 5.92 Å². The molecule has 0 aromatic heterocycles. The lowest BCUT2D eigenvalue weighted by Gasteiger charge is -2.37. The molecule has 0 unspecified atom stereocenters. The smallest absolute Gasteiger partial charge is 0.234 e. The summed E-state index contributed by atoms with van der Waals surface area (Å²) in [7, 11) is 0. The maximum atomic E-state index is 12.1. The summed E-state index contributed by atoms with van der Waals surface area (Å²) in [6, 6.07) is 11.0. The lowest BCUT2D eigenvalue weighted by atomic mass is 10.1. The van der Waals surface area contributed by atoms with E-state index < -0.39 is 0 Å². The van der Waals surface area contributed by atoms with Gasteiger partial charge >= 0.3 is 0 Å². The Kier molecular flexibility index (Phi) is 5.87. The van der Waals surface area contributed by atoms with Gasteiger partial charge in [-0.15, -0.1) is 0 Å². The Morgan fingerprint density at radius 2 is 2.08 bits per heavy atom. The van der Waals surface area contributed by atoms with E-state index >= 15 is 0 Å². The number of hydrogen-bond donors (Lipinski definition) is 1. The van der Waals surface area contributed by atoms with Crippen LogP contribution in [0.2, 0.25) is 0 Å². The van der Waals surface area contributed by atoms with E-state index in [2.05, 4.69) is 59.3 Å². The normalized spacial score (nSPS) is 25.0. The van der Waals surface area contributed by atoms with Crippen LogP contribution in [0.25, 0.3) is 0 Å². The van der Waals surface area contributed by atoms with E-state index in [1.807, 2.05) is 0 Å². The van der Waals surface area contributed by atoms with Crippen molar-refractivity contribution < 1.29 is 9.53 Å². The summed E-state index contributed by atoms with van der Waals surface area (Å²) in [4.78, 5) is 16.8. The van der Waals surface area contributed by atoms with E-state index in [-0.39, 0.29) is 12.0 Å². The van der Waals surface area contributed by atoms with Crippen molar-refractivity contribution in [2.75, 3.05) is 39.3 Å². The van der Waals surface area contributed by atoms with Gasteiger partial charge < -0.3 is 10.1 Å². The van der Waals surface area contributed by atoms with Crippen LogP contribution in [0.15, 0.2) is 30.3 Å². The van der Waals surface area contributed by atoms with Gasteiger partial charge in [0.1, 0.15) is 0 Å². The zero-order chi connectivity index (χ0) is 16.9. The van der Waals surface area contributed by atoms with Crippen molar-refractivity contribution in [3.8, 4) is 0 Å². The second-order valence-corrected chi connectivity index (χ2v) is 7.32. The standard InChI is InChI=1S/C19H29N3O2/c1-15(2)10-20-19(23)14-21-12-17-18(13-21)24-9-8-22(17)11-16-6-4-3-5-7-16/h3-7,15,17-18H,8-14H2,1-2H3,(H,20,23)/t17-,18+/m1/s1. The molecule has 2 heterocycles. The average molecular weight is 331 g/mol.